The van der Waals surface area contributed by atoms with Crippen LogP contribution in [0.4, 0.5) is 0 Å². The van der Waals surface area contributed by atoms with Gasteiger partial charge in [0.1, 0.15) is 0 Å². The van der Waals surface area contributed by atoms with Gasteiger partial charge in [0.25, 0.3) is 0 Å². The smallest absolute Gasteiger partial charge is 0.220 e. The van der Waals surface area contributed by atoms with Crippen molar-refractivity contribution < 1.29 is 14.6 Å². The summed E-state index contributed by atoms with van der Waals surface area (Å²) in [5.74, 6) is 0.0127. The molecule has 0 saturated carbocycles. The summed E-state index contributed by atoms with van der Waals surface area (Å²) in [5, 5.41) is 11.3. The maximum absolute atomic E-state index is 11.4. The first kappa shape index (κ1) is 22.7. The summed E-state index contributed by atoms with van der Waals surface area (Å²) in [5.41, 5.74) is 0. The zero-order valence-corrected chi connectivity index (χ0v) is 16.4. The third kappa shape index (κ3) is 12.9. The van der Waals surface area contributed by atoms with Gasteiger partial charge in [0, 0.05) is 13.0 Å². The van der Waals surface area contributed by atoms with E-state index < -0.39 is 0 Å². The highest BCUT2D eigenvalue weighted by atomic mass is 16.6. The number of aliphatic hydroxyl groups excluding tert-OH is 1. The van der Waals surface area contributed by atoms with Gasteiger partial charge in [-0.3, -0.25) is 4.79 Å². The molecule has 1 saturated heterocycles. The first-order valence-corrected chi connectivity index (χ1v) is 10.3. The van der Waals surface area contributed by atoms with Crippen molar-refractivity contribution in [1.29, 1.82) is 0 Å². The van der Waals surface area contributed by atoms with E-state index in [2.05, 4.69) is 48.7 Å². The summed E-state index contributed by atoms with van der Waals surface area (Å²) in [6.45, 7) is 2.57. The van der Waals surface area contributed by atoms with Crippen molar-refractivity contribution in [3.05, 3.63) is 36.5 Å². The number of aliphatic hydroxyl groups is 1. The Bertz CT molecular complexity index is 443. The van der Waals surface area contributed by atoms with Crippen molar-refractivity contribution in [2.24, 2.45) is 0 Å². The van der Waals surface area contributed by atoms with E-state index in [1.807, 2.05) is 0 Å². The summed E-state index contributed by atoms with van der Waals surface area (Å²) in [6.07, 6.45) is 24.4. The lowest BCUT2D eigenvalue weighted by Gasteiger charge is -2.01. The van der Waals surface area contributed by atoms with Crippen molar-refractivity contribution in [3.63, 3.8) is 0 Å². The Morgan fingerprint density at radius 1 is 1.00 bits per heavy atom. The molecule has 0 radical (unpaired) electrons. The molecule has 2 atom stereocenters. The molecule has 0 aromatic heterocycles. The van der Waals surface area contributed by atoms with E-state index in [1.54, 1.807) is 0 Å². The Morgan fingerprint density at radius 2 is 1.73 bits per heavy atom. The molecule has 4 nitrogen and oxygen atoms in total. The zero-order valence-electron chi connectivity index (χ0n) is 16.4. The molecular weight excluding hydrogens is 326 g/mol. The summed E-state index contributed by atoms with van der Waals surface area (Å²) < 4.78 is 5.63. The van der Waals surface area contributed by atoms with Crippen LogP contribution in [-0.4, -0.2) is 36.4 Å². The Labute approximate surface area is 159 Å². The molecule has 4 heteroatoms. The predicted molar refractivity (Wildman–Crippen MR) is 108 cm³/mol. The van der Waals surface area contributed by atoms with Gasteiger partial charge in [0.05, 0.1) is 18.8 Å². The molecule has 1 heterocycles. The monoisotopic (exact) mass is 363 g/mol. The number of carbonyl (C=O) groups is 1. The van der Waals surface area contributed by atoms with E-state index in [0.29, 0.717) is 25.2 Å². The Morgan fingerprint density at radius 3 is 2.46 bits per heavy atom. The summed E-state index contributed by atoms with van der Waals surface area (Å²) in [6, 6.07) is 0. The minimum atomic E-state index is -0.00315. The molecule has 0 aromatic rings. The zero-order chi connectivity index (χ0) is 18.9. The second kappa shape index (κ2) is 15.8. The first-order valence-electron chi connectivity index (χ1n) is 10.3. The summed E-state index contributed by atoms with van der Waals surface area (Å²) in [4.78, 5) is 11.4. The highest BCUT2D eigenvalue weighted by Crippen LogP contribution is 2.30. The quantitative estimate of drug-likeness (QED) is 0.242. The normalized spacial score (nSPS) is 19.8. The molecule has 2 unspecified atom stereocenters. The maximum Gasteiger partial charge on any atom is 0.220 e. The van der Waals surface area contributed by atoms with Crippen LogP contribution in [0.3, 0.4) is 0 Å². The van der Waals surface area contributed by atoms with Gasteiger partial charge in [0.15, 0.2) is 0 Å². The van der Waals surface area contributed by atoms with Crippen molar-refractivity contribution in [3.8, 4) is 0 Å². The Balaban J connectivity index is 1.92. The van der Waals surface area contributed by atoms with Crippen LogP contribution in [0.1, 0.15) is 71.1 Å². The lowest BCUT2D eigenvalue weighted by molar-refractivity contribution is -0.121. The molecule has 1 amide bonds. The van der Waals surface area contributed by atoms with Crippen LogP contribution in [0.15, 0.2) is 36.5 Å². The van der Waals surface area contributed by atoms with Gasteiger partial charge in [0.2, 0.25) is 5.91 Å². The summed E-state index contributed by atoms with van der Waals surface area (Å²) in [7, 11) is 0. The Hall–Kier alpha value is -1.39. The second-order valence-electron chi connectivity index (χ2n) is 6.80. The number of unbranched alkanes of at least 4 members (excludes halogenated alkanes) is 3. The number of nitrogens with one attached hydrogen (secondary N) is 1. The molecule has 1 fully saturated rings. The van der Waals surface area contributed by atoms with Crippen LogP contribution < -0.4 is 5.32 Å². The standard InChI is InChI=1S/C22H37NO3/c1-2-3-4-5-6-7-8-9-10-11-12-13-15-20-21(26-20)16-14-17-22(25)23-18-19-24/h6-7,9-10,12-13,20-21,24H,2-5,8,11,14-19H2,1H3,(H,23,25). The van der Waals surface area contributed by atoms with Gasteiger partial charge < -0.3 is 15.2 Å². The third-order valence-electron chi connectivity index (χ3n) is 4.40. The van der Waals surface area contributed by atoms with E-state index in [4.69, 9.17) is 9.84 Å². The van der Waals surface area contributed by atoms with Gasteiger partial charge in [-0.1, -0.05) is 56.2 Å². The molecule has 2 N–H and O–H groups in total. The van der Waals surface area contributed by atoms with E-state index in [0.717, 1.165) is 32.1 Å². The second-order valence-corrected chi connectivity index (χ2v) is 6.80. The predicted octanol–water partition coefficient (Wildman–Crippen LogP) is 4.45. The number of epoxide rings is 1. The fourth-order valence-corrected chi connectivity index (χ4v) is 2.79. The first-order chi connectivity index (χ1) is 12.8. The minimum Gasteiger partial charge on any atom is -0.395 e. The van der Waals surface area contributed by atoms with Gasteiger partial charge in [-0.25, -0.2) is 0 Å². The van der Waals surface area contributed by atoms with Crippen molar-refractivity contribution >= 4 is 5.91 Å². The molecule has 1 aliphatic heterocycles. The van der Waals surface area contributed by atoms with Crippen LogP contribution in [0.25, 0.3) is 0 Å². The Kier molecular flexibility index (Phi) is 13.8. The molecule has 0 spiro atoms. The van der Waals surface area contributed by atoms with E-state index in [9.17, 15) is 4.79 Å². The largest absolute Gasteiger partial charge is 0.395 e. The molecule has 0 aromatic carbocycles. The minimum absolute atomic E-state index is 0.00315. The average Bonchev–Trinajstić information content (AvgIpc) is 3.39. The lowest BCUT2D eigenvalue weighted by Crippen LogP contribution is -2.26. The van der Waals surface area contributed by atoms with Crippen molar-refractivity contribution in [2.75, 3.05) is 13.2 Å². The fraction of sp³-hybridized carbons (Fsp3) is 0.682. The van der Waals surface area contributed by atoms with Crippen LogP contribution in [0, 0.1) is 0 Å². The summed E-state index contributed by atoms with van der Waals surface area (Å²) >= 11 is 0. The SMILES string of the molecule is CCCCCC=CCC=CCC=CCC1OC1CCCC(=O)NCCO. The van der Waals surface area contributed by atoms with E-state index in [1.165, 1.54) is 25.7 Å². The molecular formula is C22H37NO3. The number of ether oxygens (including phenoxy) is 1. The lowest BCUT2D eigenvalue weighted by atomic mass is 10.1. The maximum atomic E-state index is 11.4. The molecule has 1 aliphatic rings. The highest BCUT2D eigenvalue weighted by Gasteiger charge is 2.36. The number of hydrogen-bond donors (Lipinski definition) is 2. The molecule has 0 bridgehead atoms. The molecule has 148 valence electrons. The number of hydrogen-bond acceptors (Lipinski definition) is 3. The van der Waals surface area contributed by atoms with E-state index in [-0.39, 0.29) is 12.5 Å². The number of allylic oxidation sites excluding steroid dienone is 5. The van der Waals surface area contributed by atoms with Gasteiger partial charge in [-0.2, -0.15) is 0 Å². The number of rotatable bonds is 16. The number of carbonyl (C=O) groups excluding carboxylic acids is 1. The van der Waals surface area contributed by atoms with Crippen LogP contribution in [0.5, 0.6) is 0 Å². The fourth-order valence-electron chi connectivity index (χ4n) is 2.79. The van der Waals surface area contributed by atoms with Gasteiger partial charge in [-0.15, -0.1) is 0 Å². The van der Waals surface area contributed by atoms with Crippen molar-refractivity contribution in [1.82, 2.24) is 5.32 Å². The van der Waals surface area contributed by atoms with Crippen molar-refractivity contribution in [2.45, 2.75) is 83.3 Å². The average molecular weight is 364 g/mol. The molecule has 26 heavy (non-hydrogen) atoms. The molecule has 0 aliphatic carbocycles. The van der Waals surface area contributed by atoms with Gasteiger partial charge >= 0.3 is 0 Å². The van der Waals surface area contributed by atoms with Crippen LogP contribution >= 0.6 is 0 Å². The van der Waals surface area contributed by atoms with E-state index >= 15 is 0 Å². The molecule has 1 rings (SSSR count). The number of amides is 1. The topological polar surface area (TPSA) is 61.9 Å². The van der Waals surface area contributed by atoms with Crippen LogP contribution in [-0.2, 0) is 9.53 Å². The highest BCUT2D eigenvalue weighted by molar-refractivity contribution is 5.75. The van der Waals surface area contributed by atoms with Gasteiger partial charge in [-0.05, 0) is 44.9 Å². The third-order valence-corrected chi connectivity index (χ3v) is 4.40. The van der Waals surface area contributed by atoms with Crippen LogP contribution in [0.2, 0.25) is 0 Å².